The van der Waals surface area contributed by atoms with E-state index in [1.807, 2.05) is 29.2 Å². The molecule has 4 rings (SSSR count). The van der Waals surface area contributed by atoms with Crippen LogP contribution in [-0.4, -0.2) is 60.6 Å². The highest BCUT2D eigenvalue weighted by atomic mass is 35.5. The van der Waals surface area contributed by atoms with Crippen LogP contribution in [0.15, 0.2) is 24.3 Å². The summed E-state index contributed by atoms with van der Waals surface area (Å²) in [5.41, 5.74) is 0.987. The van der Waals surface area contributed by atoms with Crippen molar-refractivity contribution in [3.05, 3.63) is 34.9 Å². The Morgan fingerprint density at radius 3 is 2.91 bits per heavy atom. The number of piperazine rings is 1. The molecule has 2 atom stereocenters. The molecule has 1 saturated carbocycles. The normalized spacial score (nSPS) is 28.5. The van der Waals surface area contributed by atoms with Gasteiger partial charge in [-0.05, 0) is 36.5 Å². The van der Waals surface area contributed by atoms with Crippen molar-refractivity contribution in [2.24, 2.45) is 5.92 Å². The molecule has 124 valence electrons. The molecular formula is C18H23ClN2O2. The van der Waals surface area contributed by atoms with E-state index in [1.165, 1.54) is 12.8 Å². The molecule has 0 unspecified atom stereocenters. The third kappa shape index (κ3) is 3.39. The molecule has 2 aliphatic heterocycles. The van der Waals surface area contributed by atoms with Crippen molar-refractivity contribution in [2.75, 3.05) is 32.8 Å². The summed E-state index contributed by atoms with van der Waals surface area (Å²) in [6.07, 6.45) is 3.11. The van der Waals surface area contributed by atoms with Crippen molar-refractivity contribution in [2.45, 2.75) is 31.3 Å². The van der Waals surface area contributed by atoms with E-state index in [0.717, 1.165) is 44.3 Å². The Labute approximate surface area is 142 Å². The quantitative estimate of drug-likeness (QED) is 0.849. The van der Waals surface area contributed by atoms with Crippen molar-refractivity contribution >= 4 is 17.5 Å². The van der Waals surface area contributed by atoms with Gasteiger partial charge in [0.25, 0.3) is 0 Å². The fraction of sp³-hybridized carbons (Fsp3) is 0.611. The topological polar surface area (TPSA) is 32.8 Å². The standard InChI is InChI=1S/C18H23ClN2O2/c19-15-3-1-2-13(8-15)9-18(22)20-6-7-21-16(10-20)11-23-12-17(21)14-4-5-14/h1-3,8,14,16-17H,4-7,9-12H2/t16-,17-/m1/s1. The van der Waals surface area contributed by atoms with E-state index >= 15 is 0 Å². The second-order valence-electron chi connectivity index (χ2n) is 6.98. The predicted octanol–water partition coefficient (Wildman–Crippen LogP) is 2.20. The highest BCUT2D eigenvalue weighted by Gasteiger charge is 2.43. The SMILES string of the molecule is O=C(Cc1cccc(Cl)c1)N1CCN2[C@@H](COC[C@@H]2C2CC2)C1. The van der Waals surface area contributed by atoms with Crippen LogP contribution in [0.2, 0.25) is 5.02 Å². The van der Waals surface area contributed by atoms with Crippen LogP contribution >= 0.6 is 11.6 Å². The number of fused-ring (bicyclic) bond motifs is 1. The predicted molar refractivity (Wildman–Crippen MR) is 89.6 cm³/mol. The Hall–Kier alpha value is -1.10. The average Bonchev–Trinajstić information content (AvgIpc) is 3.38. The zero-order valence-corrected chi connectivity index (χ0v) is 14.0. The lowest BCUT2D eigenvalue weighted by Gasteiger charge is -2.48. The van der Waals surface area contributed by atoms with E-state index < -0.39 is 0 Å². The number of hydrogen-bond donors (Lipinski definition) is 0. The van der Waals surface area contributed by atoms with Crippen LogP contribution < -0.4 is 0 Å². The van der Waals surface area contributed by atoms with Crippen LogP contribution in [-0.2, 0) is 16.0 Å². The summed E-state index contributed by atoms with van der Waals surface area (Å²) in [5.74, 6) is 1.02. The third-order valence-electron chi connectivity index (χ3n) is 5.32. The molecule has 0 spiro atoms. The molecule has 23 heavy (non-hydrogen) atoms. The summed E-state index contributed by atoms with van der Waals surface area (Å²) in [6, 6.07) is 8.53. The Kier molecular flexibility index (Phi) is 4.31. The first-order valence-corrected chi connectivity index (χ1v) is 8.94. The maximum Gasteiger partial charge on any atom is 0.227 e. The minimum Gasteiger partial charge on any atom is -0.378 e. The number of hydrogen-bond acceptors (Lipinski definition) is 3. The van der Waals surface area contributed by atoms with E-state index in [-0.39, 0.29) is 5.91 Å². The van der Waals surface area contributed by atoms with Gasteiger partial charge in [-0.25, -0.2) is 0 Å². The Bertz CT molecular complexity index is 590. The molecule has 1 aliphatic carbocycles. The van der Waals surface area contributed by atoms with Gasteiger partial charge in [0.05, 0.1) is 25.7 Å². The number of rotatable bonds is 3. The number of amides is 1. The fourth-order valence-corrected chi connectivity index (χ4v) is 4.14. The number of benzene rings is 1. The number of halogens is 1. The lowest BCUT2D eigenvalue weighted by molar-refractivity contribution is -0.139. The molecule has 4 nitrogen and oxygen atoms in total. The maximum atomic E-state index is 12.6. The molecular weight excluding hydrogens is 312 g/mol. The molecule has 2 heterocycles. The van der Waals surface area contributed by atoms with Gasteiger partial charge in [-0.3, -0.25) is 9.69 Å². The van der Waals surface area contributed by atoms with Crippen molar-refractivity contribution < 1.29 is 9.53 Å². The van der Waals surface area contributed by atoms with Gasteiger partial charge >= 0.3 is 0 Å². The van der Waals surface area contributed by atoms with E-state index in [2.05, 4.69) is 4.90 Å². The van der Waals surface area contributed by atoms with Crippen LogP contribution in [0.25, 0.3) is 0 Å². The van der Waals surface area contributed by atoms with Gasteiger partial charge < -0.3 is 9.64 Å². The van der Waals surface area contributed by atoms with E-state index in [4.69, 9.17) is 16.3 Å². The smallest absolute Gasteiger partial charge is 0.227 e. The zero-order valence-electron chi connectivity index (χ0n) is 13.3. The number of morpholine rings is 1. The van der Waals surface area contributed by atoms with Crippen LogP contribution in [0.5, 0.6) is 0 Å². The Morgan fingerprint density at radius 1 is 1.26 bits per heavy atom. The first-order chi connectivity index (χ1) is 11.2. The minimum atomic E-state index is 0.195. The lowest BCUT2D eigenvalue weighted by Crippen LogP contribution is -2.63. The van der Waals surface area contributed by atoms with E-state index in [1.54, 1.807) is 0 Å². The van der Waals surface area contributed by atoms with Gasteiger partial charge in [0.2, 0.25) is 5.91 Å². The highest BCUT2D eigenvalue weighted by molar-refractivity contribution is 6.30. The summed E-state index contributed by atoms with van der Waals surface area (Å²) in [4.78, 5) is 17.2. The second-order valence-corrected chi connectivity index (χ2v) is 7.42. The second kappa shape index (κ2) is 6.42. The monoisotopic (exact) mass is 334 g/mol. The summed E-state index contributed by atoms with van der Waals surface area (Å²) < 4.78 is 5.82. The zero-order chi connectivity index (χ0) is 15.8. The summed E-state index contributed by atoms with van der Waals surface area (Å²) in [7, 11) is 0. The molecule has 2 saturated heterocycles. The van der Waals surface area contributed by atoms with Gasteiger partial charge in [-0.1, -0.05) is 23.7 Å². The van der Waals surface area contributed by atoms with Gasteiger partial charge in [0.1, 0.15) is 0 Å². The molecule has 0 bridgehead atoms. The fourth-order valence-electron chi connectivity index (χ4n) is 3.92. The van der Waals surface area contributed by atoms with E-state index in [0.29, 0.717) is 23.5 Å². The number of carbonyl (C=O) groups is 1. The van der Waals surface area contributed by atoms with E-state index in [9.17, 15) is 4.79 Å². The van der Waals surface area contributed by atoms with Crippen LogP contribution in [0.1, 0.15) is 18.4 Å². The van der Waals surface area contributed by atoms with Crippen molar-refractivity contribution in [1.29, 1.82) is 0 Å². The summed E-state index contributed by atoms with van der Waals surface area (Å²) >= 11 is 6.01. The minimum absolute atomic E-state index is 0.195. The van der Waals surface area contributed by atoms with Gasteiger partial charge in [-0.15, -0.1) is 0 Å². The average molecular weight is 335 g/mol. The van der Waals surface area contributed by atoms with Crippen LogP contribution in [0.4, 0.5) is 0 Å². The lowest BCUT2D eigenvalue weighted by atomic mass is 10.0. The molecule has 0 aromatic heterocycles. The van der Waals surface area contributed by atoms with Gasteiger partial charge in [0.15, 0.2) is 0 Å². The first-order valence-electron chi connectivity index (χ1n) is 8.56. The van der Waals surface area contributed by atoms with Gasteiger partial charge in [-0.2, -0.15) is 0 Å². The van der Waals surface area contributed by atoms with Crippen molar-refractivity contribution in [3.8, 4) is 0 Å². The Balaban J connectivity index is 1.38. The molecule has 3 fully saturated rings. The number of carbonyl (C=O) groups excluding carboxylic acids is 1. The molecule has 0 N–H and O–H groups in total. The van der Waals surface area contributed by atoms with Crippen LogP contribution in [0, 0.1) is 5.92 Å². The van der Waals surface area contributed by atoms with Crippen LogP contribution in [0.3, 0.4) is 0 Å². The number of nitrogens with zero attached hydrogens (tertiary/aromatic N) is 2. The molecule has 1 aromatic rings. The van der Waals surface area contributed by atoms with Gasteiger partial charge in [0, 0.05) is 30.7 Å². The molecule has 0 radical (unpaired) electrons. The largest absolute Gasteiger partial charge is 0.378 e. The first kappa shape index (κ1) is 15.4. The third-order valence-corrected chi connectivity index (χ3v) is 5.55. The molecule has 1 amide bonds. The highest BCUT2D eigenvalue weighted by Crippen LogP contribution is 2.38. The summed E-state index contributed by atoms with van der Waals surface area (Å²) in [5, 5.41) is 0.688. The number of ether oxygens (including phenoxy) is 1. The molecule has 5 heteroatoms. The summed E-state index contributed by atoms with van der Waals surface area (Å²) in [6.45, 7) is 4.24. The molecule has 3 aliphatic rings. The molecule has 1 aromatic carbocycles. The maximum absolute atomic E-state index is 12.6. The Morgan fingerprint density at radius 2 is 2.13 bits per heavy atom. The van der Waals surface area contributed by atoms with Crippen molar-refractivity contribution in [1.82, 2.24) is 9.80 Å². The van der Waals surface area contributed by atoms with Crippen molar-refractivity contribution in [3.63, 3.8) is 0 Å².